The van der Waals surface area contributed by atoms with Gasteiger partial charge in [-0.15, -0.1) is 0 Å². The quantitative estimate of drug-likeness (QED) is 0.721. The molecule has 0 spiro atoms. The summed E-state index contributed by atoms with van der Waals surface area (Å²) in [7, 11) is 0. The molecular weight excluding hydrogens is 404 g/mol. The molecule has 6 nitrogen and oxygen atoms in total. The van der Waals surface area contributed by atoms with E-state index >= 15 is 0 Å². The number of aromatic nitrogens is 1. The number of hydrogen-bond donors (Lipinski definition) is 1. The highest BCUT2D eigenvalue weighted by molar-refractivity contribution is 5.76. The summed E-state index contributed by atoms with van der Waals surface area (Å²) in [5.74, 6) is -1.18. The summed E-state index contributed by atoms with van der Waals surface area (Å²) in [4.78, 5) is 19.1. The third kappa shape index (κ3) is 5.13. The summed E-state index contributed by atoms with van der Waals surface area (Å²) in [5, 5.41) is 3.11. The third-order valence-corrected chi connectivity index (χ3v) is 6.41. The van der Waals surface area contributed by atoms with Crippen LogP contribution in [0.4, 0.5) is 8.78 Å². The maximum Gasteiger partial charge on any atom is 0.220 e. The molecule has 2 aromatic rings. The first kappa shape index (κ1) is 21.9. The Hall–Kier alpha value is -2.32. The Morgan fingerprint density at radius 1 is 1.13 bits per heavy atom. The average molecular weight is 433 g/mol. The summed E-state index contributed by atoms with van der Waals surface area (Å²) >= 11 is 0. The fourth-order valence-electron chi connectivity index (χ4n) is 4.70. The van der Waals surface area contributed by atoms with E-state index in [1.807, 2.05) is 0 Å². The molecule has 2 aliphatic rings. The standard InChI is InChI=1S/C23H29F2N3O3/c24-17-5-4-6-18(25)22(17)19-15-26-21(31-19)8-7-20(29)27-16-23(9-2-1-3-10-23)28-11-13-30-14-12-28/h4-6,15H,1-3,7-14,16H2,(H,27,29). The van der Waals surface area contributed by atoms with Gasteiger partial charge in [0.15, 0.2) is 11.7 Å². The van der Waals surface area contributed by atoms with Crippen LogP contribution in [0.25, 0.3) is 11.3 Å². The molecule has 168 valence electrons. The number of halogens is 2. The second kappa shape index (κ2) is 9.87. The minimum absolute atomic E-state index is 0.0101. The van der Waals surface area contributed by atoms with Crippen LogP contribution in [-0.4, -0.2) is 54.2 Å². The predicted molar refractivity (Wildman–Crippen MR) is 111 cm³/mol. The van der Waals surface area contributed by atoms with Crippen LogP contribution in [0.2, 0.25) is 0 Å². The first-order valence-corrected chi connectivity index (χ1v) is 11.1. The summed E-state index contributed by atoms with van der Waals surface area (Å²) in [6, 6.07) is 3.64. The van der Waals surface area contributed by atoms with Crippen molar-refractivity contribution >= 4 is 5.91 Å². The first-order chi connectivity index (χ1) is 15.1. The molecule has 1 aliphatic heterocycles. The summed E-state index contributed by atoms with van der Waals surface area (Å²) in [6.07, 6.45) is 7.55. The van der Waals surface area contributed by atoms with E-state index < -0.39 is 11.6 Å². The number of ether oxygens (including phenoxy) is 1. The number of hydrogen-bond acceptors (Lipinski definition) is 5. The molecule has 1 aromatic heterocycles. The number of aryl methyl sites for hydroxylation is 1. The highest BCUT2D eigenvalue weighted by atomic mass is 19.1. The maximum atomic E-state index is 13.9. The van der Waals surface area contributed by atoms with Crippen LogP contribution in [0.3, 0.4) is 0 Å². The Morgan fingerprint density at radius 2 is 1.84 bits per heavy atom. The number of nitrogens with zero attached hydrogens (tertiary/aromatic N) is 2. The molecule has 0 radical (unpaired) electrons. The number of nitrogens with one attached hydrogen (secondary N) is 1. The Balaban J connectivity index is 1.32. The first-order valence-electron chi connectivity index (χ1n) is 11.1. The van der Waals surface area contributed by atoms with Gasteiger partial charge in [0, 0.05) is 38.0 Å². The number of amides is 1. The van der Waals surface area contributed by atoms with Crippen molar-refractivity contribution in [2.24, 2.45) is 0 Å². The molecule has 2 fully saturated rings. The van der Waals surface area contributed by atoms with Crippen molar-refractivity contribution in [3.8, 4) is 11.3 Å². The van der Waals surface area contributed by atoms with E-state index in [1.54, 1.807) is 0 Å². The zero-order valence-electron chi connectivity index (χ0n) is 17.7. The zero-order chi connectivity index (χ0) is 21.7. The number of oxazole rings is 1. The Kier molecular flexibility index (Phi) is 6.97. The molecule has 0 atom stereocenters. The van der Waals surface area contributed by atoms with Crippen LogP contribution in [-0.2, 0) is 16.0 Å². The lowest BCUT2D eigenvalue weighted by molar-refractivity contribution is -0.122. The fourth-order valence-corrected chi connectivity index (χ4v) is 4.70. The van der Waals surface area contributed by atoms with Crippen molar-refractivity contribution in [1.29, 1.82) is 0 Å². The van der Waals surface area contributed by atoms with E-state index in [1.165, 1.54) is 43.7 Å². The molecule has 1 saturated heterocycles. The van der Waals surface area contributed by atoms with Gasteiger partial charge in [-0.25, -0.2) is 13.8 Å². The molecule has 1 aliphatic carbocycles. The molecule has 1 amide bonds. The van der Waals surface area contributed by atoms with Crippen LogP contribution >= 0.6 is 0 Å². The lowest BCUT2D eigenvalue weighted by Crippen LogP contribution is -2.59. The second-order valence-electron chi connectivity index (χ2n) is 8.38. The van der Waals surface area contributed by atoms with E-state index in [0.29, 0.717) is 6.54 Å². The molecule has 1 N–H and O–H groups in total. The molecule has 4 rings (SSSR count). The number of rotatable bonds is 7. The van der Waals surface area contributed by atoms with Gasteiger partial charge >= 0.3 is 0 Å². The van der Waals surface area contributed by atoms with Crippen molar-refractivity contribution in [2.75, 3.05) is 32.8 Å². The number of morpholine rings is 1. The van der Waals surface area contributed by atoms with Crippen molar-refractivity contribution in [1.82, 2.24) is 15.2 Å². The van der Waals surface area contributed by atoms with Gasteiger partial charge in [0.25, 0.3) is 0 Å². The Labute approximate surface area is 181 Å². The average Bonchev–Trinajstić information content (AvgIpc) is 3.26. The smallest absolute Gasteiger partial charge is 0.220 e. The minimum Gasteiger partial charge on any atom is -0.441 e. The Morgan fingerprint density at radius 3 is 2.55 bits per heavy atom. The van der Waals surface area contributed by atoms with Crippen molar-refractivity contribution in [3.63, 3.8) is 0 Å². The third-order valence-electron chi connectivity index (χ3n) is 6.41. The molecule has 8 heteroatoms. The van der Waals surface area contributed by atoms with E-state index in [9.17, 15) is 13.6 Å². The fraction of sp³-hybridized carbons (Fsp3) is 0.565. The zero-order valence-corrected chi connectivity index (χ0v) is 17.7. The largest absolute Gasteiger partial charge is 0.441 e. The predicted octanol–water partition coefficient (Wildman–Crippen LogP) is 3.70. The van der Waals surface area contributed by atoms with E-state index in [2.05, 4.69) is 15.2 Å². The summed E-state index contributed by atoms with van der Waals surface area (Å²) in [6.45, 7) is 3.92. The van der Waals surface area contributed by atoms with Crippen molar-refractivity contribution in [2.45, 2.75) is 50.5 Å². The van der Waals surface area contributed by atoms with E-state index in [0.717, 1.165) is 39.1 Å². The lowest BCUT2D eigenvalue weighted by Gasteiger charge is -2.48. The van der Waals surface area contributed by atoms with Crippen LogP contribution in [0.15, 0.2) is 28.8 Å². The molecule has 1 aromatic carbocycles. The molecule has 2 heterocycles. The van der Waals surface area contributed by atoms with Crippen LogP contribution in [0.5, 0.6) is 0 Å². The highest BCUT2D eigenvalue weighted by Crippen LogP contribution is 2.34. The normalized spacial score (nSPS) is 19.3. The molecular formula is C23H29F2N3O3. The SMILES string of the molecule is O=C(CCc1ncc(-c2c(F)cccc2F)o1)NCC1(N2CCOCC2)CCCCC1. The number of carbonyl (C=O) groups excluding carboxylic acids is 1. The van der Waals surface area contributed by atoms with Gasteiger partial charge in [0.2, 0.25) is 5.91 Å². The van der Waals surface area contributed by atoms with Crippen molar-refractivity contribution < 1.29 is 22.7 Å². The second-order valence-corrected chi connectivity index (χ2v) is 8.38. The van der Waals surface area contributed by atoms with Crippen LogP contribution in [0.1, 0.15) is 44.4 Å². The number of benzene rings is 1. The van der Waals surface area contributed by atoms with Gasteiger partial charge in [-0.2, -0.15) is 0 Å². The van der Waals surface area contributed by atoms with Crippen LogP contribution in [0, 0.1) is 11.6 Å². The molecule has 0 bridgehead atoms. The summed E-state index contributed by atoms with van der Waals surface area (Å²) < 4.78 is 38.8. The summed E-state index contributed by atoms with van der Waals surface area (Å²) in [5.41, 5.74) is -0.230. The highest BCUT2D eigenvalue weighted by Gasteiger charge is 2.38. The van der Waals surface area contributed by atoms with Crippen molar-refractivity contribution in [3.05, 3.63) is 41.9 Å². The monoisotopic (exact) mass is 433 g/mol. The van der Waals surface area contributed by atoms with Gasteiger partial charge in [-0.05, 0) is 25.0 Å². The lowest BCUT2D eigenvalue weighted by atomic mass is 9.79. The molecule has 31 heavy (non-hydrogen) atoms. The van der Waals surface area contributed by atoms with Crippen LogP contribution < -0.4 is 5.32 Å². The van der Waals surface area contributed by atoms with Gasteiger partial charge in [0.1, 0.15) is 11.6 Å². The maximum absolute atomic E-state index is 13.9. The van der Waals surface area contributed by atoms with Gasteiger partial charge in [0.05, 0.1) is 25.0 Å². The van der Waals surface area contributed by atoms with E-state index in [-0.39, 0.29) is 41.5 Å². The Bertz CT molecular complexity index is 870. The minimum atomic E-state index is -0.707. The van der Waals surface area contributed by atoms with Gasteiger partial charge in [-0.3, -0.25) is 9.69 Å². The number of carbonyl (C=O) groups is 1. The molecule has 0 unspecified atom stereocenters. The van der Waals surface area contributed by atoms with E-state index in [4.69, 9.17) is 9.15 Å². The topological polar surface area (TPSA) is 67.6 Å². The van der Waals surface area contributed by atoms with Gasteiger partial charge < -0.3 is 14.5 Å². The van der Waals surface area contributed by atoms with Gasteiger partial charge in [-0.1, -0.05) is 25.3 Å². The molecule has 1 saturated carbocycles.